The molecule has 8 rings (SSSR count). The van der Waals surface area contributed by atoms with E-state index in [0.717, 1.165) is 66.8 Å². The average Bonchev–Trinajstić information content (AvgIpc) is 3.72. The maximum Gasteiger partial charge on any atom is 2.00 e. The van der Waals surface area contributed by atoms with Crippen molar-refractivity contribution in [2.75, 3.05) is 0 Å². The summed E-state index contributed by atoms with van der Waals surface area (Å²) in [6.07, 6.45) is 5.59. The maximum atomic E-state index is 6.12. The maximum absolute atomic E-state index is 6.12. The third kappa shape index (κ3) is 4.11. The van der Waals surface area contributed by atoms with E-state index < -0.39 is 0 Å². The van der Waals surface area contributed by atoms with Crippen molar-refractivity contribution in [3.05, 3.63) is 122 Å². The number of para-hydroxylation sites is 3. The van der Waals surface area contributed by atoms with E-state index in [2.05, 4.69) is 57.0 Å². The molecule has 0 bridgehead atoms. The van der Waals surface area contributed by atoms with E-state index in [1.165, 1.54) is 0 Å². The van der Waals surface area contributed by atoms with Crippen molar-refractivity contribution in [3.63, 3.8) is 0 Å². The largest absolute Gasteiger partial charge is 2.00 e. The van der Waals surface area contributed by atoms with Crippen LogP contribution in [0.5, 0.6) is 0 Å². The van der Waals surface area contributed by atoms with Crippen LogP contribution in [0.4, 0.5) is 0 Å². The molecule has 0 aliphatic rings. The van der Waals surface area contributed by atoms with E-state index in [1.54, 1.807) is 6.20 Å². The SMILES string of the molecule is Cn1ccnc1-c1cccc2c3ccc(-c4nc5ccccc5o4)[c-]c3n(-c3[c-]c(-c4ccccn4)ccc3)c12.[Pt+2]. The predicted octanol–water partition coefficient (Wildman–Crippen LogP) is 7.65. The quantitative estimate of drug-likeness (QED) is 0.176. The number of aryl methyl sites for hydroxylation is 1. The number of aromatic nitrogens is 5. The van der Waals surface area contributed by atoms with E-state index in [1.807, 2.05) is 84.7 Å². The van der Waals surface area contributed by atoms with E-state index in [4.69, 9.17) is 9.40 Å². The molecule has 0 saturated heterocycles. The molecule has 0 fully saturated rings. The minimum atomic E-state index is 0. The summed E-state index contributed by atoms with van der Waals surface area (Å²) in [7, 11) is 2.01. The molecule has 0 amide bonds. The Bertz CT molecular complexity index is 2160. The van der Waals surface area contributed by atoms with Crippen LogP contribution in [0.2, 0.25) is 0 Å². The second-order valence-corrected chi connectivity index (χ2v) is 9.68. The van der Waals surface area contributed by atoms with E-state index in [9.17, 15) is 0 Å². The molecule has 198 valence electrons. The van der Waals surface area contributed by atoms with Gasteiger partial charge in [-0.25, -0.2) is 4.98 Å². The van der Waals surface area contributed by atoms with Gasteiger partial charge in [-0.3, -0.25) is 4.98 Å². The molecule has 0 aliphatic carbocycles. The van der Waals surface area contributed by atoms with Crippen LogP contribution in [0.1, 0.15) is 0 Å². The van der Waals surface area contributed by atoms with Crippen LogP contribution in [0.25, 0.3) is 72.7 Å². The Balaban J connectivity index is 0.00000276. The molecule has 0 aliphatic heterocycles. The van der Waals surface area contributed by atoms with E-state index in [0.29, 0.717) is 5.89 Å². The Kier molecular flexibility index (Phi) is 6.14. The molecule has 4 aromatic heterocycles. The first-order valence-electron chi connectivity index (χ1n) is 13.0. The number of imidazole rings is 1. The molecule has 0 N–H and O–H groups in total. The van der Waals surface area contributed by atoms with Crippen molar-refractivity contribution in [1.82, 2.24) is 24.1 Å². The zero-order chi connectivity index (χ0) is 26.6. The van der Waals surface area contributed by atoms with Gasteiger partial charge in [0.1, 0.15) is 17.3 Å². The number of hydrogen-bond donors (Lipinski definition) is 0. The Morgan fingerprint density at radius 1 is 0.732 bits per heavy atom. The van der Waals surface area contributed by atoms with Crippen LogP contribution in [-0.4, -0.2) is 24.1 Å². The van der Waals surface area contributed by atoms with Gasteiger partial charge < -0.3 is 18.5 Å². The van der Waals surface area contributed by atoms with Crippen molar-refractivity contribution in [2.24, 2.45) is 7.05 Å². The molecule has 0 spiro atoms. The number of rotatable bonds is 4. The fourth-order valence-corrected chi connectivity index (χ4v) is 5.41. The molecule has 4 heterocycles. The number of nitrogens with zero attached hydrogens (tertiary/aromatic N) is 5. The van der Waals surface area contributed by atoms with Gasteiger partial charge in [-0.05, 0) is 46.5 Å². The number of hydrogen-bond acceptors (Lipinski definition) is 4. The summed E-state index contributed by atoms with van der Waals surface area (Å²) in [5.74, 6) is 1.42. The Morgan fingerprint density at radius 2 is 1.61 bits per heavy atom. The topological polar surface area (TPSA) is 61.7 Å². The molecule has 6 nitrogen and oxygen atoms in total. The van der Waals surface area contributed by atoms with Gasteiger partial charge in [-0.1, -0.05) is 47.3 Å². The molecular weight excluding hydrogens is 689 g/mol. The van der Waals surface area contributed by atoms with Gasteiger partial charge in [0.2, 0.25) is 0 Å². The summed E-state index contributed by atoms with van der Waals surface area (Å²) in [6, 6.07) is 37.6. The van der Waals surface area contributed by atoms with Crippen molar-refractivity contribution in [2.45, 2.75) is 0 Å². The van der Waals surface area contributed by atoms with Gasteiger partial charge >= 0.3 is 21.1 Å². The normalized spacial score (nSPS) is 11.3. The molecule has 0 unspecified atom stereocenters. The molecule has 0 radical (unpaired) electrons. The number of benzene rings is 4. The Morgan fingerprint density at radius 3 is 2.44 bits per heavy atom. The third-order valence-corrected chi connectivity index (χ3v) is 7.25. The van der Waals surface area contributed by atoms with Gasteiger partial charge in [0, 0.05) is 31.2 Å². The third-order valence-electron chi connectivity index (χ3n) is 7.25. The van der Waals surface area contributed by atoms with Crippen LogP contribution >= 0.6 is 0 Å². The summed E-state index contributed by atoms with van der Waals surface area (Å²) in [5.41, 5.74) is 7.99. The van der Waals surface area contributed by atoms with Crippen molar-refractivity contribution in [1.29, 1.82) is 0 Å². The molecule has 7 heteroatoms. The minimum Gasteiger partial charge on any atom is -0.481 e. The zero-order valence-corrected chi connectivity index (χ0v) is 24.1. The standard InChI is InChI=1S/C34H21N5O.Pt/c1-38-19-18-36-33(38)27-11-7-10-26-25-16-15-23(34-37-29-13-2-3-14-31(29)40-34)21-30(25)39(32(26)27)24-9-6-8-22(20-24)28-12-4-5-17-35-28;/h2-19H,1H3;/q-2;+2. The number of fused-ring (bicyclic) bond motifs is 4. The Hall–Kier alpha value is -4.80. The average molecular weight is 711 g/mol. The minimum absolute atomic E-state index is 0. The van der Waals surface area contributed by atoms with Gasteiger partial charge in [-0.2, -0.15) is 0 Å². The Labute approximate surface area is 250 Å². The fraction of sp³-hybridized carbons (Fsp3) is 0.0294. The molecular formula is C34H21N5OPt. The summed E-state index contributed by atoms with van der Waals surface area (Å²) in [5, 5.41) is 2.18. The zero-order valence-electron chi connectivity index (χ0n) is 21.9. The summed E-state index contributed by atoms with van der Waals surface area (Å²) < 4.78 is 10.4. The fourth-order valence-electron chi connectivity index (χ4n) is 5.41. The van der Waals surface area contributed by atoms with Gasteiger partial charge in [0.25, 0.3) is 0 Å². The monoisotopic (exact) mass is 710 g/mol. The second-order valence-electron chi connectivity index (χ2n) is 9.68. The van der Waals surface area contributed by atoms with Gasteiger partial charge in [-0.15, -0.1) is 48.0 Å². The van der Waals surface area contributed by atoms with E-state index in [-0.39, 0.29) is 21.1 Å². The summed E-state index contributed by atoms with van der Waals surface area (Å²) in [4.78, 5) is 14.0. The first kappa shape index (κ1) is 25.2. The first-order chi connectivity index (χ1) is 19.7. The molecule has 0 atom stereocenters. The number of pyridine rings is 1. The predicted molar refractivity (Wildman–Crippen MR) is 157 cm³/mol. The van der Waals surface area contributed by atoms with E-state index >= 15 is 0 Å². The van der Waals surface area contributed by atoms with Crippen molar-refractivity contribution in [3.8, 4) is 39.8 Å². The van der Waals surface area contributed by atoms with Crippen LogP contribution in [0.3, 0.4) is 0 Å². The van der Waals surface area contributed by atoms with Crippen LogP contribution in [-0.2, 0) is 28.1 Å². The van der Waals surface area contributed by atoms with Gasteiger partial charge in [0.15, 0.2) is 0 Å². The van der Waals surface area contributed by atoms with Crippen LogP contribution < -0.4 is 0 Å². The summed E-state index contributed by atoms with van der Waals surface area (Å²) in [6.45, 7) is 0. The van der Waals surface area contributed by atoms with Crippen LogP contribution in [0.15, 0.2) is 114 Å². The second kappa shape index (κ2) is 9.99. The van der Waals surface area contributed by atoms with Gasteiger partial charge in [0.05, 0.1) is 11.0 Å². The first-order valence-corrected chi connectivity index (χ1v) is 13.0. The van der Waals surface area contributed by atoms with Crippen molar-refractivity contribution >= 4 is 32.9 Å². The van der Waals surface area contributed by atoms with Crippen molar-refractivity contribution < 1.29 is 25.5 Å². The molecule has 41 heavy (non-hydrogen) atoms. The smallest absolute Gasteiger partial charge is 0.481 e. The molecule has 4 aromatic carbocycles. The number of oxazole rings is 1. The molecule has 8 aromatic rings. The summed E-state index contributed by atoms with van der Waals surface area (Å²) >= 11 is 0. The molecule has 0 saturated carbocycles. The van der Waals surface area contributed by atoms with Crippen LogP contribution in [0, 0.1) is 12.1 Å².